The number of aromatic hydroxyl groups is 2. The summed E-state index contributed by atoms with van der Waals surface area (Å²) in [7, 11) is 3.66. The molecule has 0 spiro atoms. The van der Waals surface area contributed by atoms with Crippen LogP contribution >= 0.6 is 0 Å². The lowest BCUT2D eigenvalue weighted by molar-refractivity contribution is 0.228. The normalized spacial score (nSPS) is 18.0. The molecule has 0 saturated carbocycles. The molecule has 0 unspecified atom stereocenters. The van der Waals surface area contributed by atoms with Crippen LogP contribution in [0.15, 0.2) is 36.4 Å². The Kier molecular flexibility index (Phi) is 3.94. The summed E-state index contributed by atoms with van der Waals surface area (Å²) in [5, 5.41) is 19.7. The Morgan fingerprint density at radius 1 is 1.23 bits per heavy atom. The number of methoxy groups -OCH3 is 1. The van der Waals surface area contributed by atoms with Gasteiger partial charge in [-0.2, -0.15) is 0 Å². The summed E-state index contributed by atoms with van der Waals surface area (Å²) in [4.78, 5) is 2.29. The van der Waals surface area contributed by atoms with Crippen molar-refractivity contribution in [2.75, 3.05) is 20.7 Å². The molecule has 116 valence electrons. The number of phenols is 2. The van der Waals surface area contributed by atoms with Crippen molar-refractivity contribution >= 4 is 0 Å². The van der Waals surface area contributed by atoms with Crippen molar-refractivity contribution in [3.63, 3.8) is 0 Å². The fraction of sp³-hybridized carbons (Fsp3) is 0.333. The van der Waals surface area contributed by atoms with E-state index in [9.17, 15) is 10.2 Å². The number of rotatable bonds is 3. The van der Waals surface area contributed by atoms with Gasteiger partial charge in [0.15, 0.2) is 11.5 Å². The third kappa shape index (κ3) is 2.74. The average molecular weight is 299 g/mol. The average Bonchev–Trinajstić information content (AvgIpc) is 2.50. The summed E-state index contributed by atoms with van der Waals surface area (Å²) < 4.78 is 5.21. The van der Waals surface area contributed by atoms with Gasteiger partial charge in [-0.3, -0.25) is 4.90 Å². The molecule has 1 aliphatic rings. The molecule has 2 N–H and O–H groups in total. The van der Waals surface area contributed by atoms with Crippen LogP contribution in [0.3, 0.4) is 0 Å². The fourth-order valence-corrected chi connectivity index (χ4v) is 3.18. The fourth-order valence-electron chi connectivity index (χ4n) is 3.18. The Hall–Kier alpha value is -2.20. The van der Waals surface area contributed by atoms with E-state index in [4.69, 9.17) is 4.74 Å². The first-order valence-electron chi connectivity index (χ1n) is 7.46. The SMILES string of the molecule is COc1cc2c(cc1O)[C@H](Cc1cccc(O)c1)N(C)CC2. The predicted octanol–water partition coefficient (Wildman–Crippen LogP) is 2.88. The van der Waals surface area contributed by atoms with E-state index in [0.717, 1.165) is 30.5 Å². The molecule has 1 heterocycles. The van der Waals surface area contributed by atoms with Crippen molar-refractivity contribution in [1.82, 2.24) is 4.90 Å². The molecule has 4 nitrogen and oxygen atoms in total. The highest BCUT2D eigenvalue weighted by Crippen LogP contribution is 2.38. The van der Waals surface area contributed by atoms with Crippen LogP contribution in [-0.4, -0.2) is 35.8 Å². The molecule has 0 radical (unpaired) electrons. The van der Waals surface area contributed by atoms with E-state index in [-0.39, 0.29) is 17.5 Å². The van der Waals surface area contributed by atoms with Crippen molar-refractivity contribution in [2.24, 2.45) is 0 Å². The number of phenolic OH excluding ortho intramolecular Hbond substituents is 2. The standard InChI is InChI=1S/C18H21NO3/c1-19-7-6-13-10-18(22-2)17(21)11-15(13)16(19)9-12-4-3-5-14(20)8-12/h3-5,8,10-11,16,20-21H,6-7,9H2,1-2H3/t16-/m0/s1. The van der Waals surface area contributed by atoms with E-state index in [1.165, 1.54) is 5.56 Å². The smallest absolute Gasteiger partial charge is 0.160 e. The van der Waals surface area contributed by atoms with Crippen LogP contribution in [0.5, 0.6) is 17.2 Å². The van der Waals surface area contributed by atoms with E-state index in [2.05, 4.69) is 11.9 Å². The van der Waals surface area contributed by atoms with Gasteiger partial charge in [0.2, 0.25) is 0 Å². The molecular formula is C18H21NO3. The number of hydrogen-bond acceptors (Lipinski definition) is 4. The van der Waals surface area contributed by atoms with Gasteiger partial charge in [0.25, 0.3) is 0 Å². The lowest BCUT2D eigenvalue weighted by atomic mass is 9.88. The number of fused-ring (bicyclic) bond motifs is 1. The minimum atomic E-state index is 0.178. The molecule has 0 aromatic heterocycles. The second-order valence-electron chi connectivity index (χ2n) is 5.84. The topological polar surface area (TPSA) is 52.9 Å². The Bertz CT molecular complexity index is 684. The molecule has 1 atom stereocenters. The number of hydrogen-bond donors (Lipinski definition) is 2. The Morgan fingerprint density at radius 3 is 2.77 bits per heavy atom. The number of likely N-dealkylation sites (N-methyl/N-ethyl adjacent to an activating group) is 1. The molecule has 0 aliphatic carbocycles. The van der Waals surface area contributed by atoms with Gasteiger partial charge in [0, 0.05) is 12.6 Å². The first kappa shape index (κ1) is 14.7. The van der Waals surface area contributed by atoms with Crippen molar-refractivity contribution in [2.45, 2.75) is 18.9 Å². The van der Waals surface area contributed by atoms with Crippen LogP contribution < -0.4 is 4.74 Å². The maximum absolute atomic E-state index is 10.1. The zero-order chi connectivity index (χ0) is 15.7. The molecule has 0 saturated heterocycles. The summed E-state index contributed by atoms with van der Waals surface area (Å²) in [5.74, 6) is 0.991. The van der Waals surface area contributed by atoms with Gasteiger partial charge >= 0.3 is 0 Å². The quantitative estimate of drug-likeness (QED) is 0.915. The second-order valence-corrected chi connectivity index (χ2v) is 5.84. The van der Waals surface area contributed by atoms with Crippen LogP contribution in [0, 0.1) is 0 Å². The van der Waals surface area contributed by atoms with E-state index in [0.29, 0.717) is 5.75 Å². The second kappa shape index (κ2) is 5.89. The van der Waals surface area contributed by atoms with Crippen LogP contribution in [0.2, 0.25) is 0 Å². The molecule has 0 amide bonds. The molecule has 1 aliphatic heterocycles. The van der Waals surface area contributed by atoms with Crippen molar-refractivity contribution in [3.8, 4) is 17.2 Å². The van der Waals surface area contributed by atoms with Gasteiger partial charge in [0.05, 0.1) is 7.11 Å². The minimum absolute atomic E-state index is 0.178. The van der Waals surface area contributed by atoms with Crippen LogP contribution in [0.1, 0.15) is 22.7 Å². The van der Waals surface area contributed by atoms with Crippen molar-refractivity contribution < 1.29 is 14.9 Å². The Morgan fingerprint density at radius 2 is 2.05 bits per heavy atom. The molecule has 2 aromatic rings. The van der Waals surface area contributed by atoms with Gasteiger partial charge in [-0.05, 0) is 60.8 Å². The molecular weight excluding hydrogens is 278 g/mol. The van der Waals surface area contributed by atoms with Gasteiger partial charge in [-0.1, -0.05) is 12.1 Å². The van der Waals surface area contributed by atoms with Crippen LogP contribution in [-0.2, 0) is 12.8 Å². The largest absolute Gasteiger partial charge is 0.508 e. The van der Waals surface area contributed by atoms with E-state index in [1.54, 1.807) is 19.2 Å². The summed E-state index contributed by atoms with van der Waals surface area (Å²) in [6.07, 6.45) is 1.74. The molecule has 2 aromatic carbocycles. The van der Waals surface area contributed by atoms with Gasteiger partial charge in [0.1, 0.15) is 5.75 Å². The van der Waals surface area contributed by atoms with E-state index in [1.807, 2.05) is 24.3 Å². The third-order valence-electron chi connectivity index (χ3n) is 4.41. The van der Waals surface area contributed by atoms with Gasteiger partial charge in [-0.15, -0.1) is 0 Å². The predicted molar refractivity (Wildman–Crippen MR) is 85.5 cm³/mol. The monoisotopic (exact) mass is 299 g/mol. The van der Waals surface area contributed by atoms with Crippen LogP contribution in [0.4, 0.5) is 0 Å². The van der Waals surface area contributed by atoms with Gasteiger partial charge in [-0.25, -0.2) is 0 Å². The van der Waals surface area contributed by atoms with E-state index >= 15 is 0 Å². The first-order chi connectivity index (χ1) is 10.6. The molecule has 4 heteroatoms. The first-order valence-corrected chi connectivity index (χ1v) is 7.46. The number of benzene rings is 2. The number of nitrogens with zero attached hydrogens (tertiary/aromatic N) is 1. The van der Waals surface area contributed by atoms with Crippen LogP contribution in [0.25, 0.3) is 0 Å². The lowest BCUT2D eigenvalue weighted by Gasteiger charge is -2.35. The summed E-state index contributed by atoms with van der Waals surface area (Å²) in [6.45, 7) is 0.963. The van der Waals surface area contributed by atoms with E-state index < -0.39 is 0 Å². The highest BCUT2D eigenvalue weighted by atomic mass is 16.5. The Balaban J connectivity index is 1.97. The van der Waals surface area contributed by atoms with Crippen molar-refractivity contribution in [1.29, 1.82) is 0 Å². The minimum Gasteiger partial charge on any atom is -0.508 e. The third-order valence-corrected chi connectivity index (χ3v) is 4.41. The molecule has 22 heavy (non-hydrogen) atoms. The maximum Gasteiger partial charge on any atom is 0.160 e. The van der Waals surface area contributed by atoms with Gasteiger partial charge < -0.3 is 14.9 Å². The maximum atomic E-state index is 10.1. The number of ether oxygens (including phenoxy) is 1. The van der Waals surface area contributed by atoms with Crippen molar-refractivity contribution in [3.05, 3.63) is 53.1 Å². The highest BCUT2D eigenvalue weighted by molar-refractivity contribution is 5.49. The molecule has 0 fully saturated rings. The highest BCUT2D eigenvalue weighted by Gasteiger charge is 2.26. The summed E-state index contributed by atoms with van der Waals surface area (Å²) in [6, 6.07) is 11.3. The zero-order valence-corrected chi connectivity index (χ0v) is 12.9. The molecule has 0 bridgehead atoms. The molecule has 3 rings (SSSR count). The summed E-state index contributed by atoms with van der Waals surface area (Å²) >= 11 is 0. The lowest BCUT2D eigenvalue weighted by Crippen LogP contribution is -2.33. The summed E-state index contributed by atoms with van der Waals surface area (Å²) in [5.41, 5.74) is 3.44. The zero-order valence-electron chi connectivity index (χ0n) is 12.9. The Labute approximate surface area is 130 Å².